The van der Waals surface area contributed by atoms with Crippen LogP contribution in [0.5, 0.6) is 5.75 Å². The van der Waals surface area contributed by atoms with Gasteiger partial charge in [0.2, 0.25) is 47.3 Å². The number of nitrogens with one attached hydrogen (secondary N) is 8. The second-order valence-electron chi connectivity index (χ2n) is 33.3. The van der Waals surface area contributed by atoms with Gasteiger partial charge in [0.1, 0.15) is 67.5 Å². The van der Waals surface area contributed by atoms with Crippen LogP contribution in [-0.2, 0) is 201 Å². The van der Waals surface area contributed by atoms with E-state index in [0.717, 1.165) is 73.4 Å². The minimum Gasteiger partial charge on any atom is -0.463 e. The van der Waals surface area contributed by atoms with E-state index < -0.39 is 241 Å². The van der Waals surface area contributed by atoms with Gasteiger partial charge in [0.05, 0.1) is 145 Å². The van der Waals surface area contributed by atoms with Crippen LogP contribution in [0.4, 0.5) is 0 Å². The first-order chi connectivity index (χ1) is 68.6. The Bertz CT molecular complexity index is 4000. The van der Waals surface area contributed by atoms with Gasteiger partial charge in [0, 0.05) is 159 Å². The second kappa shape index (κ2) is 67.9. The molecule has 144 heavy (non-hydrogen) atoms. The number of amides is 8. The molecule has 5 rings (SSSR count). The Morgan fingerprint density at radius 2 is 0.701 bits per heavy atom. The molecule has 18 atom stereocenters. The number of nitriles is 1. The molecule has 1 aromatic rings. The summed E-state index contributed by atoms with van der Waals surface area (Å²) >= 11 is 0. The molecule has 3 saturated heterocycles. The summed E-state index contributed by atoms with van der Waals surface area (Å²) in [4.78, 5) is 214. The van der Waals surface area contributed by atoms with Gasteiger partial charge in [-0.2, -0.15) is 5.26 Å². The van der Waals surface area contributed by atoms with Crippen LogP contribution >= 0.6 is 8.53 Å². The number of esters is 9. The van der Waals surface area contributed by atoms with Crippen molar-refractivity contribution < 1.29 is 200 Å². The quantitative estimate of drug-likeness (QED) is 0.0167. The van der Waals surface area contributed by atoms with Crippen LogP contribution in [0.2, 0.25) is 0 Å². The van der Waals surface area contributed by atoms with E-state index in [0.29, 0.717) is 12.2 Å². The Kier molecular flexibility index (Phi) is 58.3. The van der Waals surface area contributed by atoms with Gasteiger partial charge in [-0.25, -0.2) is 4.67 Å². The summed E-state index contributed by atoms with van der Waals surface area (Å²) in [7, 11) is -1.44. The summed E-state index contributed by atoms with van der Waals surface area (Å²) in [5.74, 6) is -10.4. The molecule has 53 heteroatoms. The molecule has 0 spiro atoms. The lowest BCUT2D eigenvalue weighted by molar-refractivity contribution is -0.279. The Morgan fingerprint density at radius 1 is 0.389 bits per heavy atom. The topological polar surface area (TPSA) is 644 Å². The average molecular weight is 2080 g/mol. The number of benzene rings is 1. The fraction of sp³-hybridized carbons (Fsp3) is 0.736. The fourth-order valence-electron chi connectivity index (χ4n) is 14.8. The van der Waals surface area contributed by atoms with E-state index >= 15 is 0 Å². The number of hydrogen-bond donors (Lipinski definition) is 8. The van der Waals surface area contributed by atoms with E-state index in [1.54, 1.807) is 0 Å². The smallest absolute Gasteiger partial charge is 0.321 e. The highest BCUT2D eigenvalue weighted by molar-refractivity contribution is 7.45. The molecular formula is C91H141N10O42P. The molecule has 0 aliphatic carbocycles. The van der Waals surface area contributed by atoms with Gasteiger partial charge >= 0.3 is 62.2 Å². The number of fused-ring (bicyclic) bond motifs is 1. The Labute approximate surface area is 835 Å². The van der Waals surface area contributed by atoms with Crippen LogP contribution in [0.3, 0.4) is 0 Å². The molecule has 3 fully saturated rings. The van der Waals surface area contributed by atoms with Gasteiger partial charge in [-0.3, -0.25) is 81.5 Å². The maximum absolute atomic E-state index is 14.2. The third-order valence-corrected chi connectivity index (χ3v) is 22.6. The standard InChI is InChI=1S/C91H141N10O42P/c1-54(2)101-55(3)69-47-68(17-19-70(69)143-144(101)133-30-16-25-92)18-20-74(114)93-26-35-120-40-39-119-31-24-78(118)100-91(51-124-32-21-75(115)94-27-36-121-41-44-127-88-79(97-56(4)102)85(137-65(13)111)82(134-62(10)108)71(140-88)48-130-59(7)105,52-125-33-22-76(116)95-28-37-122-42-45-128-89-80(98-57(5)103)86(138-66(14)112)83(135-63(11)109)72(141-89)49-131-60(8)106)53-126-34-23-77(117)96-29-38-123-43-46-129-90-81(99-58(6)104)87(139-67(15)113)84(136-64(12)110)73(142-90)50-132-61(9)107/h17,19,47,54-55,71-73,79-90H,16,18,20-24,26-46,48-53H2,1-15H3,(H,93,114)(H,94,115)(H,95,116)(H,96,117)(H,97,102)(H,98,103)(H,99,104)(H,100,118)/t55?,71-,72-,73-,79+,80+,81?,82-,83-,84+,85+,86+,87-,88-,89+,90-,91?,144?/m1/s1. The van der Waals surface area contributed by atoms with Crippen LogP contribution in [0.15, 0.2) is 18.2 Å². The van der Waals surface area contributed by atoms with Gasteiger partial charge in [-0.1, -0.05) is 12.1 Å². The SMILES string of the molecule is CC(=O)NC1[C@H](OCCOCCNC(=O)CCOCC(COCCC(=O)NCCOCCO[C@@H]2O[C@H](COC(C)=O)[C@@H](OC(C)=O)[C@@H](OC(C)=O)[C@@H]2NC(C)=O)(COCCC(=O)NCCOCCO[C@H]2O[C@H](COC(C)=O)[C@@H](OC(C)=O)[C@@H](OC(C)=O)[C@@H]2NC(C)=O)NC(=O)CCOCCOCCNC(=O)CCc2ccc3c(c2)C(C)N(C(C)C)P(OCCC#N)O3)O[C@H](COC(C)=O)[C@H](OC(C)=O)[C@@H]1OC(C)=O. The van der Waals surface area contributed by atoms with Crippen LogP contribution in [-0.4, -0.2) is 387 Å². The molecule has 8 amide bonds. The zero-order chi connectivity index (χ0) is 106. The maximum Gasteiger partial charge on any atom is 0.321 e. The minimum atomic E-state index is -1.64. The molecule has 4 heterocycles. The molecule has 0 saturated carbocycles. The van der Waals surface area contributed by atoms with Crippen molar-refractivity contribution in [3.63, 3.8) is 0 Å². The van der Waals surface area contributed by atoms with E-state index in [9.17, 15) is 81.5 Å². The van der Waals surface area contributed by atoms with Gasteiger partial charge < -0.3 is 161 Å². The largest absolute Gasteiger partial charge is 0.463 e. The molecule has 8 N–H and O–H groups in total. The zero-order valence-corrected chi connectivity index (χ0v) is 85.0. The fourth-order valence-corrected chi connectivity index (χ4v) is 16.4. The van der Waals surface area contributed by atoms with Crippen molar-refractivity contribution in [2.75, 3.05) is 178 Å². The lowest BCUT2D eigenvalue weighted by Crippen LogP contribution is -2.66. The summed E-state index contributed by atoms with van der Waals surface area (Å²) < 4.78 is 146. The predicted molar refractivity (Wildman–Crippen MR) is 492 cm³/mol. The summed E-state index contributed by atoms with van der Waals surface area (Å²) in [6.45, 7) is 15.4. The molecule has 52 nitrogen and oxygen atoms in total. The summed E-state index contributed by atoms with van der Waals surface area (Å²) in [5.41, 5.74) is 0.256. The number of ether oxygens (including phenoxy) is 23. The number of hydrogen-bond acceptors (Lipinski definition) is 44. The molecule has 0 radical (unpaired) electrons. The van der Waals surface area contributed by atoms with Gasteiger partial charge in [-0.05, 0) is 38.8 Å². The number of nitrogens with zero attached hydrogens (tertiary/aromatic N) is 2. The highest BCUT2D eigenvalue weighted by Gasteiger charge is 2.55. The van der Waals surface area contributed by atoms with E-state index in [1.165, 1.54) is 20.8 Å². The number of aryl methyl sites for hydroxylation is 1. The lowest BCUT2D eigenvalue weighted by atomic mass is 9.96. The molecule has 0 aromatic heterocycles. The van der Waals surface area contributed by atoms with Crippen molar-refractivity contribution in [1.82, 2.24) is 47.2 Å². The maximum atomic E-state index is 14.2. The predicted octanol–water partition coefficient (Wildman–Crippen LogP) is -1.03. The number of carbonyl (C=O) groups excluding carboxylic acids is 17. The van der Waals surface area contributed by atoms with Crippen LogP contribution in [0.25, 0.3) is 0 Å². The van der Waals surface area contributed by atoms with E-state index in [1.807, 2.05) is 32.0 Å². The summed E-state index contributed by atoms with van der Waals surface area (Å²) in [6, 6.07) is 4.20. The first-order valence-corrected chi connectivity index (χ1v) is 48.2. The first kappa shape index (κ1) is 124. The molecular weight excluding hydrogens is 1940 g/mol. The van der Waals surface area contributed by atoms with E-state index in [2.05, 4.69) is 60.2 Å². The number of carbonyl (C=O) groups is 17. The van der Waals surface area contributed by atoms with Gasteiger partial charge in [0.15, 0.2) is 55.5 Å². The molecule has 4 unspecified atom stereocenters. The van der Waals surface area contributed by atoms with Crippen molar-refractivity contribution in [1.29, 1.82) is 5.26 Å². The van der Waals surface area contributed by atoms with Crippen molar-refractivity contribution in [2.45, 2.75) is 258 Å². The number of rotatable bonds is 68. The van der Waals surface area contributed by atoms with E-state index in [-0.39, 0.29) is 195 Å². The lowest BCUT2D eigenvalue weighted by Gasteiger charge is -2.44. The highest BCUT2D eigenvalue weighted by atomic mass is 31.2. The van der Waals surface area contributed by atoms with Gasteiger partial charge in [0.25, 0.3) is 0 Å². The van der Waals surface area contributed by atoms with Crippen molar-refractivity contribution in [3.8, 4) is 11.8 Å². The Balaban J connectivity index is 1.26. The van der Waals surface area contributed by atoms with Crippen LogP contribution in [0.1, 0.15) is 160 Å². The van der Waals surface area contributed by atoms with E-state index in [4.69, 9.17) is 123 Å². The monoisotopic (exact) mass is 2080 g/mol. The van der Waals surface area contributed by atoms with Crippen LogP contribution < -0.4 is 47.1 Å². The second-order valence-corrected chi connectivity index (χ2v) is 34.7. The van der Waals surface area contributed by atoms with Crippen molar-refractivity contribution in [3.05, 3.63) is 29.3 Å². The third kappa shape index (κ3) is 48.5. The van der Waals surface area contributed by atoms with Gasteiger partial charge in [-0.15, -0.1) is 0 Å². The van der Waals surface area contributed by atoms with Crippen LogP contribution in [0, 0.1) is 11.3 Å². The van der Waals surface area contributed by atoms with Crippen molar-refractivity contribution >= 4 is 110 Å². The Morgan fingerprint density at radius 3 is 1.02 bits per heavy atom. The normalized spacial score (nSPS) is 22.6. The minimum absolute atomic E-state index is 0.0293. The third-order valence-electron chi connectivity index (χ3n) is 20.7. The average Bonchev–Trinajstić information content (AvgIpc) is 0.872. The summed E-state index contributed by atoms with van der Waals surface area (Å²) in [5, 5.41) is 30.8. The molecule has 0 bridgehead atoms. The zero-order valence-electron chi connectivity index (χ0n) is 84.1. The molecule has 4 aliphatic heterocycles. The molecule has 812 valence electrons. The summed E-state index contributed by atoms with van der Waals surface area (Å²) in [6.07, 6.45) is -16.2. The highest BCUT2D eigenvalue weighted by Crippen LogP contribution is 2.56. The van der Waals surface area contributed by atoms with Crippen molar-refractivity contribution in [2.24, 2.45) is 0 Å². The molecule has 4 aliphatic rings. The Hall–Kier alpha value is -10.7. The molecule has 1 aromatic carbocycles. The first-order valence-electron chi connectivity index (χ1n) is 47.0.